The third-order valence-electron chi connectivity index (χ3n) is 2.35. The fourth-order valence-electron chi connectivity index (χ4n) is 1.47. The van der Waals surface area contributed by atoms with E-state index < -0.39 is 30.9 Å². The molecule has 2 amide bonds. The number of carboxylic acids is 1. The molecule has 0 aliphatic rings. The maximum atomic E-state index is 11.9. The minimum atomic E-state index is -1.25. The summed E-state index contributed by atoms with van der Waals surface area (Å²) < 4.78 is 0. The van der Waals surface area contributed by atoms with Crippen molar-refractivity contribution in [3.05, 3.63) is 39.9 Å². The Bertz CT molecular complexity index is 586. The van der Waals surface area contributed by atoms with Gasteiger partial charge in [0.15, 0.2) is 0 Å². The average Bonchev–Trinajstić information content (AvgIpc) is 2.37. The van der Waals surface area contributed by atoms with E-state index in [4.69, 9.17) is 34.0 Å². The van der Waals surface area contributed by atoms with Crippen LogP contribution in [0.2, 0.25) is 10.0 Å². The van der Waals surface area contributed by atoms with Crippen molar-refractivity contribution in [3.63, 3.8) is 0 Å². The van der Waals surface area contributed by atoms with E-state index in [9.17, 15) is 14.4 Å². The Balaban J connectivity index is 2.89. The number of carbonyl (C=O) groups excluding carboxylic acids is 2. The van der Waals surface area contributed by atoms with Crippen LogP contribution in [0.4, 0.5) is 0 Å². The first-order valence-electron chi connectivity index (χ1n) is 5.71. The second-order valence-corrected chi connectivity index (χ2v) is 4.90. The second-order valence-electron chi connectivity index (χ2n) is 4.05. The highest BCUT2D eigenvalue weighted by atomic mass is 35.5. The first-order valence-corrected chi connectivity index (χ1v) is 6.47. The molecule has 112 valence electrons. The fraction of sp³-hybridized carbons (Fsp3) is 0.154. The molecule has 1 aromatic carbocycles. The number of primary amides is 1. The lowest BCUT2D eigenvalue weighted by molar-refractivity contribution is -0.143. The minimum Gasteiger partial charge on any atom is -0.480 e. The highest BCUT2D eigenvalue weighted by molar-refractivity contribution is 6.34. The van der Waals surface area contributed by atoms with Crippen LogP contribution in [0.5, 0.6) is 0 Å². The summed E-state index contributed by atoms with van der Waals surface area (Å²) in [4.78, 5) is 34.2. The number of amides is 2. The molecule has 0 heterocycles. The lowest BCUT2D eigenvalue weighted by Crippen LogP contribution is -2.40. The number of aliphatic carboxylic acids is 1. The van der Waals surface area contributed by atoms with Crippen LogP contribution in [-0.4, -0.2) is 40.9 Å². The normalized spacial score (nSPS) is 10.6. The summed E-state index contributed by atoms with van der Waals surface area (Å²) in [5, 5.41) is 9.52. The molecule has 0 spiro atoms. The van der Waals surface area contributed by atoms with Crippen LogP contribution in [0.15, 0.2) is 24.3 Å². The van der Waals surface area contributed by atoms with Crippen LogP contribution < -0.4 is 5.73 Å². The van der Waals surface area contributed by atoms with Gasteiger partial charge < -0.3 is 15.7 Å². The van der Waals surface area contributed by atoms with Crippen LogP contribution in [0, 0.1) is 0 Å². The SMILES string of the molecule is NC(=O)CN(CC(=O)O)C(=O)/C=C/c1cc(Cl)ccc1Cl. The molecule has 0 aliphatic heterocycles. The molecule has 6 nitrogen and oxygen atoms in total. The van der Waals surface area contributed by atoms with Gasteiger partial charge in [0.2, 0.25) is 11.8 Å². The van der Waals surface area contributed by atoms with Gasteiger partial charge in [-0.05, 0) is 29.8 Å². The van der Waals surface area contributed by atoms with Gasteiger partial charge in [-0.3, -0.25) is 14.4 Å². The zero-order chi connectivity index (χ0) is 16.0. The lowest BCUT2D eigenvalue weighted by atomic mass is 10.2. The monoisotopic (exact) mass is 330 g/mol. The van der Waals surface area contributed by atoms with E-state index in [0.29, 0.717) is 15.6 Å². The number of carboxylic acid groups (broad SMARTS) is 1. The van der Waals surface area contributed by atoms with E-state index in [1.165, 1.54) is 6.08 Å². The highest BCUT2D eigenvalue weighted by Gasteiger charge is 2.16. The molecule has 0 unspecified atom stereocenters. The average molecular weight is 331 g/mol. The van der Waals surface area contributed by atoms with Crippen LogP contribution in [-0.2, 0) is 14.4 Å². The van der Waals surface area contributed by atoms with E-state index in [-0.39, 0.29) is 0 Å². The summed E-state index contributed by atoms with van der Waals surface area (Å²) in [6.45, 7) is -1.12. The zero-order valence-electron chi connectivity index (χ0n) is 10.8. The maximum absolute atomic E-state index is 11.9. The fourth-order valence-corrected chi connectivity index (χ4v) is 1.83. The molecule has 0 saturated heterocycles. The number of nitrogens with zero attached hydrogens (tertiary/aromatic N) is 1. The molecule has 3 N–H and O–H groups in total. The molecule has 0 bridgehead atoms. The molecular weight excluding hydrogens is 319 g/mol. The quantitative estimate of drug-likeness (QED) is 0.770. The molecular formula is C13H12Cl2N2O4. The molecule has 0 atom stereocenters. The van der Waals surface area contributed by atoms with Gasteiger partial charge in [0.25, 0.3) is 0 Å². The van der Waals surface area contributed by atoms with Crippen molar-refractivity contribution < 1.29 is 19.5 Å². The number of hydrogen-bond donors (Lipinski definition) is 2. The Morgan fingerprint density at radius 1 is 1.24 bits per heavy atom. The molecule has 0 radical (unpaired) electrons. The molecule has 8 heteroatoms. The van der Waals surface area contributed by atoms with Gasteiger partial charge in [-0.1, -0.05) is 23.2 Å². The summed E-state index contributed by atoms with van der Waals surface area (Å²) in [5.74, 6) is -2.73. The zero-order valence-corrected chi connectivity index (χ0v) is 12.3. The summed E-state index contributed by atoms with van der Waals surface area (Å²) in [6.07, 6.45) is 2.48. The third kappa shape index (κ3) is 5.85. The number of nitrogens with two attached hydrogens (primary N) is 1. The van der Waals surface area contributed by atoms with Crippen LogP contribution in [0.25, 0.3) is 6.08 Å². The molecule has 21 heavy (non-hydrogen) atoms. The van der Waals surface area contributed by atoms with E-state index in [2.05, 4.69) is 0 Å². The number of carbonyl (C=O) groups is 3. The van der Waals surface area contributed by atoms with E-state index in [1.54, 1.807) is 18.2 Å². The van der Waals surface area contributed by atoms with Crippen molar-refractivity contribution in [2.45, 2.75) is 0 Å². The first-order chi connectivity index (χ1) is 9.79. The Morgan fingerprint density at radius 3 is 2.48 bits per heavy atom. The summed E-state index contributed by atoms with van der Waals surface area (Å²) in [7, 11) is 0. The van der Waals surface area contributed by atoms with Gasteiger partial charge in [-0.2, -0.15) is 0 Å². The third-order valence-corrected chi connectivity index (χ3v) is 2.93. The summed E-state index contributed by atoms with van der Waals surface area (Å²) in [6, 6.07) is 4.70. The van der Waals surface area contributed by atoms with Gasteiger partial charge >= 0.3 is 5.97 Å². The van der Waals surface area contributed by atoms with Crippen molar-refractivity contribution in [3.8, 4) is 0 Å². The number of hydrogen-bond acceptors (Lipinski definition) is 3. The van der Waals surface area contributed by atoms with Crippen molar-refractivity contribution in [2.24, 2.45) is 5.73 Å². The largest absolute Gasteiger partial charge is 0.480 e. The predicted octanol–water partition coefficient (Wildman–Crippen LogP) is 1.41. The van der Waals surface area contributed by atoms with Gasteiger partial charge in [0.05, 0.1) is 0 Å². The van der Waals surface area contributed by atoms with Crippen molar-refractivity contribution in [2.75, 3.05) is 13.1 Å². The molecule has 0 aromatic heterocycles. The Hall–Kier alpha value is -2.05. The maximum Gasteiger partial charge on any atom is 0.323 e. The van der Waals surface area contributed by atoms with Crippen molar-refractivity contribution >= 4 is 47.1 Å². The number of halogens is 2. The van der Waals surface area contributed by atoms with Gasteiger partial charge in [0.1, 0.15) is 13.1 Å². The van der Waals surface area contributed by atoms with Crippen LogP contribution >= 0.6 is 23.2 Å². The summed E-state index contributed by atoms with van der Waals surface area (Å²) in [5.41, 5.74) is 5.46. The van der Waals surface area contributed by atoms with Crippen LogP contribution in [0.1, 0.15) is 5.56 Å². The molecule has 1 rings (SSSR count). The van der Waals surface area contributed by atoms with E-state index in [1.807, 2.05) is 0 Å². The Morgan fingerprint density at radius 2 is 1.90 bits per heavy atom. The molecule has 0 saturated carbocycles. The molecule has 0 fully saturated rings. The van der Waals surface area contributed by atoms with Gasteiger partial charge in [0, 0.05) is 16.1 Å². The Kier molecular flexibility index (Phi) is 6.20. The molecule has 0 aliphatic carbocycles. The lowest BCUT2D eigenvalue weighted by Gasteiger charge is -2.16. The second kappa shape index (κ2) is 7.66. The first kappa shape index (κ1) is 17.0. The number of benzene rings is 1. The van der Waals surface area contributed by atoms with E-state index in [0.717, 1.165) is 11.0 Å². The number of rotatable bonds is 6. The predicted molar refractivity (Wildman–Crippen MR) is 78.9 cm³/mol. The minimum absolute atomic E-state index is 0.378. The van der Waals surface area contributed by atoms with Gasteiger partial charge in [-0.25, -0.2) is 0 Å². The highest BCUT2D eigenvalue weighted by Crippen LogP contribution is 2.21. The summed E-state index contributed by atoms with van der Waals surface area (Å²) >= 11 is 11.7. The Labute approximate surface area is 130 Å². The van der Waals surface area contributed by atoms with Gasteiger partial charge in [-0.15, -0.1) is 0 Å². The van der Waals surface area contributed by atoms with Crippen molar-refractivity contribution in [1.29, 1.82) is 0 Å². The van der Waals surface area contributed by atoms with E-state index >= 15 is 0 Å². The smallest absolute Gasteiger partial charge is 0.323 e. The standard InChI is InChI=1S/C13H12Cl2N2O4/c14-9-2-3-10(15)8(5-9)1-4-12(19)17(6-11(16)18)7-13(20)21/h1-5H,6-7H2,(H2,16,18)(H,20,21)/b4-1+. The topological polar surface area (TPSA) is 101 Å². The van der Waals surface area contributed by atoms with Crippen molar-refractivity contribution in [1.82, 2.24) is 4.90 Å². The van der Waals surface area contributed by atoms with Crippen LogP contribution in [0.3, 0.4) is 0 Å². The molecule has 1 aromatic rings.